The second-order valence-corrected chi connectivity index (χ2v) is 5.50. The molecule has 3 aromatic rings. The Hall–Kier alpha value is -2.17. The van der Waals surface area contributed by atoms with Gasteiger partial charge >= 0.3 is 5.69 Å². The molecule has 2 aromatic carbocycles. The van der Waals surface area contributed by atoms with E-state index in [2.05, 4.69) is 4.98 Å². The molecule has 0 saturated carbocycles. The zero-order valence-electron chi connectivity index (χ0n) is 12.2. The van der Waals surface area contributed by atoms with E-state index in [9.17, 15) is 4.79 Å². The zero-order valence-corrected chi connectivity index (χ0v) is 13.0. The molecule has 0 aliphatic rings. The van der Waals surface area contributed by atoms with Gasteiger partial charge in [-0.25, -0.2) is 4.79 Å². The van der Waals surface area contributed by atoms with Crippen LogP contribution in [0.2, 0.25) is 5.02 Å². The van der Waals surface area contributed by atoms with Crippen LogP contribution >= 0.6 is 11.6 Å². The first-order chi connectivity index (χ1) is 10.6. The molecule has 0 unspecified atom stereocenters. The van der Waals surface area contributed by atoms with E-state index in [1.165, 1.54) is 0 Å². The summed E-state index contributed by atoms with van der Waals surface area (Å²) in [6, 6.07) is 13.1. The third-order valence-electron chi connectivity index (χ3n) is 3.67. The Labute approximate surface area is 133 Å². The number of rotatable bonds is 3. The minimum absolute atomic E-state index is 0.305. The summed E-state index contributed by atoms with van der Waals surface area (Å²) in [5, 5.41) is 1.52. The number of nitrogens with zero attached hydrogens (tertiary/aromatic N) is 2. The highest BCUT2D eigenvalue weighted by atomic mass is 35.5. The van der Waals surface area contributed by atoms with Crippen LogP contribution < -0.4 is 11.4 Å². The zero-order chi connectivity index (χ0) is 15.7. The lowest BCUT2D eigenvalue weighted by molar-refractivity contribution is 0.907. The van der Waals surface area contributed by atoms with Gasteiger partial charge in [-0.2, -0.15) is 4.98 Å². The van der Waals surface area contributed by atoms with Crippen molar-refractivity contribution in [2.24, 2.45) is 5.73 Å². The van der Waals surface area contributed by atoms with Crippen LogP contribution in [0, 0.1) is 0 Å². The SMILES string of the molecule is CCc1nc(=O)n(-c2cccc(CN)c2)c2cc(Cl)ccc12. The van der Waals surface area contributed by atoms with Crippen LogP contribution in [-0.2, 0) is 13.0 Å². The molecular formula is C17H16ClN3O. The number of nitrogens with two attached hydrogens (primary N) is 1. The molecule has 22 heavy (non-hydrogen) atoms. The first kappa shape index (κ1) is 14.8. The normalized spacial score (nSPS) is 11.0. The van der Waals surface area contributed by atoms with Crippen molar-refractivity contribution < 1.29 is 0 Å². The van der Waals surface area contributed by atoms with Gasteiger partial charge in [-0.15, -0.1) is 0 Å². The highest BCUT2D eigenvalue weighted by Gasteiger charge is 2.11. The molecular weight excluding hydrogens is 298 g/mol. The monoisotopic (exact) mass is 313 g/mol. The molecule has 0 radical (unpaired) electrons. The molecule has 0 amide bonds. The van der Waals surface area contributed by atoms with Crippen LogP contribution in [0.1, 0.15) is 18.2 Å². The Balaban J connectivity index is 2.40. The number of benzene rings is 2. The van der Waals surface area contributed by atoms with Crippen molar-refractivity contribution in [3.63, 3.8) is 0 Å². The lowest BCUT2D eigenvalue weighted by Crippen LogP contribution is -2.23. The molecule has 2 N–H and O–H groups in total. The molecule has 3 rings (SSSR count). The number of halogens is 1. The molecule has 1 heterocycles. The smallest absolute Gasteiger partial charge is 0.326 e. The van der Waals surface area contributed by atoms with E-state index in [-0.39, 0.29) is 5.69 Å². The van der Waals surface area contributed by atoms with Crippen molar-refractivity contribution >= 4 is 22.5 Å². The van der Waals surface area contributed by atoms with E-state index < -0.39 is 0 Å². The van der Waals surface area contributed by atoms with Gasteiger partial charge in [-0.05, 0) is 42.3 Å². The predicted octanol–water partition coefficient (Wildman–Crippen LogP) is 3.06. The van der Waals surface area contributed by atoms with Gasteiger partial charge in [0.15, 0.2) is 0 Å². The van der Waals surface area contributed by atoms with Gasteiger partial charge in [-0.3, -0.25) is 4.57 Å². The standard InChI is InChI=1S/C17H16ClN3O/c1-2-15-14-7-6-12(18)9-16(14)21(17(22)20-15)13-5-3-4-11(8-13)10-19/h3-9H,2,10,19H2,1H3. The number of aryl methyl sites for hydroxylation is 1. The van der Waals surface area contributed by atoms with Crippen molar-refractivity contribution in [1.82, 2.24) is 9.55 Å². The summed E-state index contributed by atoms with van der Waals surface area (Å²) >= 11 is 6.13. The maximum Gasteiger partial charge on any atom is 0.352 e. The van der Waals surface area contributed by atoms with Crippen molar-refractivity contribution in [1.29, 1.82) is 0 Å². The predicted molar refractivity (Wildman–Crippen MR) is 89.6 cm³/mol. The summed E-state index contributed by atoms with van der Waals surface area (Å²) in [5.74, 6) is 0. The Kier molecular flexibility index (Phi) is 3.96. The van der Waals surface area contributed by atoms with Gasteiger partial charge in [0.05, 0.1) is 16.9 Å². The minimum atomic E-state index is -0.305. The van der Waals surface area contributed by atoms with Crippen molar-refractivity contribution in [3.8, 4) is 5.69 Å². The summed E-state index contributed by atoms with van der Waals surface area (Å²) in [7, 11) is 0. The third kappa shape index (κ3) is 2.51. The largest absolute Gasteiger partial charge is 0.352 e. The summed E-state index contributed by atoms with van der Waals surface area (Å²) in [6.45, 7) is 2.40. The summed E-state index contributed by atoms with van der Waals surface area (Å²) in [5.41, 5.74) is 8.63. The van der Waals surface area contributed by atoms with Gasteiger partial charge in [0, 0.05) is 17.0 Å². The van der Waals surface area contributed by atoms with Crippen LogP contribution in [0.25, 0.3) is 16.6 Å². The molecule has 0 atom stereocenters. The maximum atomic E-state index is 12.5. The molecule has 4 nitrogen and oxygen atoms in total. The molecule has 0 aliphatic heterocycles. The van der Waals surface area contributed by atoms with Gasteiger partial charge in [0.1, 0.15) is 0 Å². The van der Waals surface area contributed by atoms with E-state index in [1.54, 1.807) is 10.6 Å². The van der Waals surface area contributed by atoms with Gasteiger partial charge < -0.3 is 5.73 Å². The van der Waals surface area contributed by atoms with E-state index in [0.29, 0.717) is 18.0 Å². The molecule has 0 aliphatic carbocycles. The third-order valence-corrected chi connectivity index (χ3v) is 3.91. The summed E-state index contributed by atoms with van der Waals surface area (Å²) in [6.07, 6.45) is 0.692. The van der Waals surface area contributed by atoms with Crippen LogP contribution in [0.4, 0.5) is 0 Å². The number of fused-ring (bicyclic) bond motifs is 1. The molecule has 0 bridgehead atoms. The Morgan fingerprint density at radius 2 is 2.05 bits per heavy atom. The topological polar surface area (TPSA) is 60.9 Å². The summed E-state index contributed by atoms with van der Waals surface area (Å²) < 4.78 is 1.58. The lowest BCUT2D eigenvalue weighted by atomic mass is 10.1. The molecule has 0 saturated heterocycles. The Bertz CT molecular complexity index is 902. The van der Waals surface area contributed by atoms with Crippen LogP contribution in [-0.4, -0.2) is 9.55 Å². The Morgan fingerprint density at radius 1 is 1.23 bits per heavy atom. The average Bonchev–Trinajstić information content (AvgIpc) is 2.53. The van der Waals surface area contributed by atoms with Gasteiger partial charge in [0.2, 0.25) is 0 Å². The minimum Gasteiger partial charge on any atom is -0.326 e. The fourth-order valence-electron chi connectivity index (χ4n) is 2.60. The number of hydrogen-bond acceptors (Lipinski definition) is 3. The number of aromatic nitrogens is 2. The van der Waals surface area contributed by atoms with Crippen molar-refractivity contribution in [3.05, 3.63) is 69.2 Å². The molecule has 1 aromatic heterocycles. The summed E-state index contributed by atoms with van der Waals surface area (Å²) in [4.78, 5) is 16.7. The van der Waals surface area contributed by atoms with Gasteiger partial charge in [0.25, 0.3) is 0 Å². The van der Waals surface area contributed by atoms with E-state index in [0.717, 1.165) is 27.8 Å². The fraction of sp³-hybridized carbons (Fsp3) is 0.176. The van der Waals surface area contributed by atoms with E-state index in [4.69, 9.17) is 17.3 Å². The Morgan fingerprint density at radius 3 is 2.77 bits per heavy atom. The lowest BCUT2D eigenvalue weighted by Gasteiger charge is -2.13. The van der Waals surface area contributed by atoms with Crippen LogP contribution in [0.15, 0.2) is 47.3 Å². The molecule has 0 spiro atoms. The second kappa shape index (κ2) is 5.91. The fourth-order valence-corrected chi connectivity index (χ4v) is 2.77. The van der Waals surface area contributed by atoms with Gasteiger partial charge in [-0.1, -0.05) is 30.7 Å². The maximum absolute atomic E-state index is 12.5. The average molecular weight is 314 g/mol. The highest BCUT2D eigenvalue weighted by molar-refractivity contribution is 6.31. The van der Waals surface area contributed by atoms with Crippen molar-refractivity contribution in [2.45, 2.75) is 19.9 Å². The van der Waals surface area contributed by atoms with Crippen LogP contribution in [0.5, 0.6) is 0 Å². The highest BCUT2D eigenvalue weighted by Crippen LogP contribution is 2.23. The molecule has 5 heteroatoms. The molecule has 112 valence electrons. The van der Waals surface area contributed by atoms with E-state index in [1.807, 2.05) is 43.3 Å². The molecule has 0 fully saturated rings. The number of hydrogen-bond donors (Lipinski definition) is 1. The second-order valence-electron chi connectivity index (χ2n) is 5.07. The first-order valence-electron chi connectivity index (χ1n) is 7.14. The van der Waals surface area contributed by atoms with Crippen molar-refractivity contribution in [2.75, 3.05) is 0 Å². The first-order valence-corrected chi connectivity index (χ1v) is 7.52. The van der Waals surface area contributed by atoms with E-state index >= 15 is 0 Å². The quantitative estimate of drug-likeness (QED) is 0.808. The van der Waals surface area contributed by atoms with Crippen LogP contribution in [0.3, 0.4) is 0 Å².